The van der Waals surface area contributed by atoms with Gasteiger partial charge in [-0.15, -0.1) is 0 Å². The third kappa shape index (κ3) is 11.5. The van der Waals surface area contributed by atoms with Gasteiger partial charge in [-0.1, -0.05) is 6.42 Å². The van der Waals surface area contributed by atoms with Crippen molar-refractivity contribution in [1.82, 2.24) is 0 Å². The Morgan fingerprint density at radius 3 is 2.30 bits per heavy atom. The molecule has 0 aliphatic rings. The molecule has 0 atom stereocenters. The monoisotopic (exact) mass is 174 g/mol. The minimum atomic E-state index is -0.757. The zero-order valence-corrected chi connectivity index (χ0v) is 8.25. The Morgan fingerprint density at radius 1 is 1.30 bits per heavy atom. The second-order valence-corrected chi connectivity index (χ2v) is 1.93. The molecule has 0 saturated heterocycles. The van der Waals surface area contributed by atoms with Gasteiger partial charge in [0.05, 0.1) is 0 Å². The number of aliphatic carboxylic acids is 1. The van der Waals surface area contributed by atoms with E-state index in [4.69, 9.17) is 10.2 Å². The van der Waals surface area contributed by atoms with E-state index in [1.54, 1.807) is 0 Å². The molecule has 0 unspecified atom stereocenters. The largest absolute Gasteiger partial charge is 2.00 e. The standard InChI is InChI=1S/C6H12O3.Ca.2H/c7-5-3-1-2-4-6(8)9;;;/h7H,1-5H2,(H,8,9);;;/q;+2;2*-1. The van der Waals surface area contributed by atoms with Crippen LogP contribution in [0.2, 0.25) is 0 Å². The summed E-state index contributed by atoms with van der Waals surface area (Å²) >= 11 is 0. The number of carbonyl (C=O) groups is 1. The predicted molar refractivity (Wildman–Crippen MR) is 41.2 cm³/mol. The van der Waals surface area contributed by atoms with Crippen LogP contribution in [-0.4, -0.2) is 60.5 Å². The molecule has 0 aromatic rings. The second-order valence-electron chi connectivity index (χ2n) is 1.93. The van der Waals surface area contributed by atoms with Crippen molar-refractivity contribution in [2.24, 2.45) is 0 Å². The summed E-state index contributed by atoms with van der Waals surface area (Å²) in [6.07, 6.45) is 2.42. The minimum absolute atomic E-state index is 0. The molecule has 0 aliphatic heterocycles. The Hall–Kier alpha value is 0.690. The first kappa shape index (κ1) is 13.3. The summed E-state index contributed by atoms with van der Waals surface area (Å²) in [6.45, 7) is 0.166. The van der Waals surface area contributed by atoms with E-state index in [1.807, 2.05) is 0 Å². The molecule has 0 fully saturated rings. The zero-order valence-electron chi connectivity index (χ0n) is 8.05. The minimum Gasteiger partial charge on any atom is -1.00 e. The van der Waals surface area contributed by atoms with E-state index in [0.29, 0.717) is 12.8 Å². The Kier molecular flexibility index (Phi) is 12.9. The molecule has 0 aromatic carbocycles. The van der Waals surface area contributed by atoms with Crippen molar-refractivity contribution in [3.63, 3.8) is 0 Å². The van der Waals surface area contributed by atoms with Crippen molar-refractivity contribution in [3.8, 4) is 0 Å². The number of carboxylic acids is 1. The fourth-order valence-corrected chi connectivity index (χ4v) is 0.565. The predicted octanol–water partition coefficient (Wildman–Crippen LogP) is 0.468. The SMILES string of the molecule is O=C(O)CCCCCO.[Ca+2].[H-].[H-]. The van der Waals surface area contributed by atoms with Crippen LogP contribution in [0.15, 0.2) is 0 Å². The van der Waals surface area contributed by atoms with Gasteiger partial charge in [-0.05, 0) is 12.8 Å². The van der Waals surface area contributed by atoms with E-state index in [-0.39, 0.29) is 53.6 Å². The molecule has 0 heterocycles. The maximum absolute atomic E-state index is 9.90. The normalized spacial score (nSPS) is 8.50. The van der Waals surface area contributed by atoms with E-state index in [2.05, 4.69) is 0 Å². The number of aliphatic hydroxyl groups is 1. The molecule has 0 amide bonds. The van der Waals surface area contributed by atoms with Crippen molar-refractivity contribution in [2.45, 2.75) is 25.7 Å². The van der Waals surface area contributed by atoms with E-state index < -0.39 is 5.97 Å². The molecule has 0 rings (SSSR count). The molecule has 0 aromatic heterocycles. The molecule has 2 N–H and O–H groups in total. The molecule has 0 spiro atoms. The second kappa shape index (κ2) is 9.69. The Bertz CT molecular complexity index is 92.9. The number of aliphatic hydroxyl groups excluding tert-OH is 1. The summed E-state index contributed by atoms with van der Waals surface area (Å²) in [7, 11) is 0. The van der Waals surface area contributed by atoms with Gasteiger partial charge in [0, 0.05) is 13.0 Å². The van der Waals surface area contributed by atoms with Crippen LogP contribution < -0.4 is 0 Å². The number of hydrogen-bond donors (Lipinski definition) is 2. The van der Waals surface area contributed by atoms with Crippen molar-refractivity contribution in [1.29, 1.82) is 0 Å². The number of carboxylic acid groups (broad SMARTS) is 1. The number of hydrogen-bond acceptors (Lipinski definition) is 2. The van der Waals surface area contributed by atoms with Crippen LogP contribution in [0.5, 0.6) is 0 Å². The molecule has 4 heteroatoms. The first-order valence-corrected chi connectivity index (χ1v) is 3.10. The van der Waals surface area contributed by atoms with E-state index >= 15 is 0 Å². The summed E-state index contributed by atoms with van der Waals surface area (Å²) in [6, 6.07) is 0. The average Bonchev–Trinajstić information content (AvgIpc) is 1.80. The van der Waals surface area contributed by atoms with Gasteiger partial charge in [-0.2, -0.15) is 0 Å². The van der Waals surface area contributed by atoms with E-state index in [1.165, 1.54) is 0 Å². The fraction of sp³-hybridized carbons (Fsp3) is 0.833. The first-order chi connectivity index (χ1) is 4.27. The van der Waals surface area contributed by atoms with Crippen molar-refractivity contribution < 1.29 is 17.9 Å². The summed E-state index contributed by atoms with van der Waals surface area (Å²) in [5.74, 6) is -0.757. The maximum atomic E-state index is 9.90. The van der Waals surface area contributed by atoms with Crippen molar-refractivity contribution in [3.05, 3.63) is 0 Å². The van der Waals surface area contributed by atoms with Gasteiger partial charge in [-0.25, -0.2) is 0 Å². The average molecular weight is 174 g/mol. The summed E-state index contributed by atoms with van der Waals surface area (Å²) in [4.78, 5) is 9.90. The van der Waals surface area contributed by atoms with E-state index in [0.717, 1.165) is 6.42 Å². The van der Waals surface area contributed by atoms with Gasteiger partial charge in [-0.3, -0.25) is 4.79 Å². The number of rotatable bonds is 5. The smallest absolute Gasteiger partial charge is 1.00 e. The van der Waals surface area contributed by atoms with Crippen LogP contribution in [0, 0.1) is 0 Å². The molecular formula is C6H14CaO3. The first-order valence-electron chi connectivity index (χ1n) is 3.10. The van der Waals surface area contributed by atoms with Gasteiger partial charge in [0.15, 0.2) is 0 Å². The molecular weight excluding hydrogens is 160 g/mol. The zero-order chi connectivity index (χ0) is 7.11. The van der Waals surface area contributed by atoms with Crippen molar-refractivity contribution >= 4 is 43.7 Å². The summed E-state index contributed by atoms with van der Waals surface area (Å²) in [5, 5.41) is 16.4. The quantitative estimate of drug-likeness (QED) is 0.470. The van der Waals surface area contributed by atoms with Gasteiger partial charge in [0.2, 0.25) is 0 Å². The molecule has 10 heavy (non-hydrogen) atoms. The van der Waals surface area contributed by atoms with E-state index in [9.17, 15) is 4.79 Å². The maximum Gasteiger partial charge on any atom is 2.00 e. The molecule has 0 aliphatic carbocycles. The van der Waals surface area contributed by atoms with Gasteiger partial charge < -0.3 is 13.1 Å². The van der Waals surface area contributed by atoms with Crippen LogP contribution in [-0.2, 0) is 4.79 Å². The van der Waals surface area contributed by atoms with Crippen molar-refractivity contribution in [2.75, 3.05) is 6.61 Å². The fourth-order valence-electron chi connectivity index (χ4n) is 0.565. The van der Waals surface area contributed by atoms with Crippen LogP contribution in [0.3, 0.4) is 0 Å². The Balaban J connectivity index is -0.000000107. The topological polar surface area (TPSA) is 57.5 Å². The molecule has 58 valence electrons. The van der Waals surface area contributed by atoms with Crippen LogP contribution in [0.4, 0.5) is 0 Å². The molecule has 0 bridgehead atoms. The third-order valence-corrected chi connectivity index (χ3v) is 1.05. The van der Waals surface area contributed by atoms with Crippen LogP contribution in [0.25, 0.3) is 0 Å². The third-order valence-electron chi connectivity index (χ3n) is 1.05. The molecule has 0 radical (unpaired) electrons. The Morgan fingerprint density at radius 2 is 1.90 bits per heavy atom. The summed E-state index contributed by atoms with van der Waals surface area (Å²) < 4.78 is 0. The van der Waals surface area contributed by atoms with Gasteiger partial charge in [0.1, 0.15) is 0 Å². The van der Waals surface area contributed by atoms with Crippen LogP contribution >= 0.6 is 0 Å². The summed E-state index contributed by atoms with van der Waals surface area (Å²) in [5.41, 5.74) is 0. The van der Waals surface area contributed by atoms with Crippen LogP contribution in [0.1, 0.15) is 28.5 Å². The number of unbranched alkanes of at least 4 members (excludes halogenated alkanes) is 2. The molecule has 0 saturated carbocycles. The van der Waals surface area contributed by atoms with Gasteiger partial charge in [0.25, 0.3) is 0 Å². The Labute approximate surface area is 93.4 Å². The van der Waals surface area contributed by atoms with Gasteiger partial charge >= 0.3 is 43.7 Å². The molecule has 3 nitrogen and oxygen atoms in total.